The molecule has 2 atom stereocenters. The number of benzene rings is 1. The fourth-order valence-electron chi connectivity index (χ4n) is 2.70. The Morgan fingerprint density at radius 2 is 2.21 bits per heavy atom. The van der Waals surface area contributed by atoms with E-state index in [1.807, 2.05) is 0 Å². The Morgan fingerprint density at radius 3 is 2.95 bits per heavy atom. The van der Waals surface area contributed by atoms with Crippen LogP contribution in [0.3, 0.4) is 0 Å². The van der Waals surface area contributed by atoms with Gasteiger partial charge in [-0.1, -0.05) is 36.2 Å². The summed E-state index contributed by atoms with van der Waals surface area (Å²) in [5, 5.41) is 3.36. The van der Waals surface area contributed by atoms with Crippen LogP contribution in [-0.4, -0.2) is 12.6 Å². The van der Waals surface area contributed by atoms with Crippen molar-refractivity contribution in [2.45, 2.75) is 52.2 Å². The summed E-state index contributed by atoms with van der Waals surface area (Å²) in [5.74, 6) is 1.81. The second kappa shape index (κ2) is 7.30. The third-order valence-corrected chi connectivity index (χ3v) is 4.55. The Bertz CT molecular complexity index is 408. The Balaban J connectivity index is 1.99. The van der Waals surface area contributed by atoms with Gasteiger partial charge in [0.05, 0.1) is 6.10 Å². The summed E-state index contributed by atoms with van der Waals surface area (Å²) in [6.07, 6.45) is 5.44. The van der Waals surface area contributed by atoms with Crippen LogP contribution in [0.2, 0.25) is 0 Å². The van der Waals surface area contributed by atoms with Crippen LogP contribution < -0.4 is 10.1 Å². The first-order valence-corrected chi connectivity index (χ1v) is 8.14. The topological polar surface area (TPSA) is 21.3 Å². The third-order valence-electron chi connectivity index (χ3n) is 3.77. The number of rotatable bonds is 5. The predicted molar refractivity (Wildman–Crippen MR) is 83.6 cm³/mol. The fraction of sp³-hybridized carbons (Fsp3) is 0.625. The molecule has 0 aliphatic heterocycles. The number of hydrogen-bond donors (Lipinski definition) is 1. The van der Waals surface area contributed by atoms with Gasteiger partial charge < -0.3 is 10.1 Å². The molecule has 0 aromatic heterocycles. The molecular formula is C16H24BrNO. The molecule has 0 heterocycles. The lowest BCUT2D eigenvalue weighted by Crippen LogP contribution is -2.24. The highest BCUT2D eigenvalue weighted by Gasteiger charge is 2.20. The Morgan fingerprint density at radius 1 is 1.37 bits per heavy atom. The highest BCUT2D eigenvalue weighted by Crippen LogP contribution is 2.29. The SMILES string of the molecule is CCNCc1cc(OC2CCCC(C)C2)ccc1Br. The predicted octanol–water partition coefficient (Wildman–Crippen LogP) is 4.52. The normalized spacial score (nSPS) is 23.3. The fourth-order valence-corrected chi connectivity index (χ4v) is 3.08. The monoisotopic (exact) mass is 325 g/mol. The van der Waals surface area contributed by atoms with Crippen molar-refractivity contribution in [3.8, 4) is 5.75 Å². The minimum absolute atomic E-state index is 0.400. The van der Waals surface area contributed by atoms with Gasteiger partial charge >= 0.3 is 0 Å². The van der Waals surface area contributed by atoms with Gasteiger partial charge in [0.15, 0.2) is 0 Å². The lowest BCUT2D eigenvalue weighted by molar-refractivity contribution is 0.129. The smallest absolute Gasteiger partial charge is 0.120 e. The molecule has 106 valence electrons. The molecule has 0 saturated heterocycles. The number of halogens is 1. The van der Waals surface area contributed by atoms with Gasteiger partial charge in [0.25, 0.3) is 0 Å². The minimum atomic E-state index is 0.400. The first-order valence-electron chi connectivity index (χ1n) is 7.34. The summed E-state index contributed by atoms with van der Waals surface area (Å²) in [7, 11) is 0. The highest BCUT2D eigenvalue weighted by molar-refractivity contribution is 9.10. The summed E-state index contributed by atoms with van der Waals surface area (Å²) in [6, 6.07) is 6.32. The molecule has 3 heteroatoms. The van der Waals surface area contributed by atoms with Crippen molar-refractivity contribution < 1.29 is 4.74 Å². The van der Waals surface area contributed by atoms with Crippen LogP contribution in [0.15, 0.2) is 22.7 Å². The van der Waals surface area contributed by atoms with E-state index in [0.29, 0.717) is 6.10 Å². The zero-order valence-electron chi connectivity index (χ0n) is 11.9. The largest absolute Gasteiger partial charge is 0.490 e. The summed E-state index contributed by atoms with van der Waals surface area (Å²) >= 11 is 3.60. The van der Waals surface area contributed by atoms with E-state index in [-0.39, 0.29) is 0 Å². The van der Waals surface area contributed by atoms with Crippen LogP contribution in [0.1, 0.15) is 45.1 Å². The van der Waals surface area contributed by atoms with Crippen LogP contribution in [-0.2, 0) is 6.54 Å². The van der Waals surface area contributed by atoms with Crippen molar-refractivity contribution in [3.63, 3.8) is 0 Å². The molecular weight excluding hydrogens is 302 g/mol. The van der Waals surface area contributed by atoms with Gasteiger partial charge in [-0.3, -0.25) is 0 Å². The van der Waals surface area contributed by atoms with Gasteiger partial charge in [0.1, 0.15) is 5.75 Å². The standard InChI is InChI=1S/C16H24BrNO/c1-3-18-11-13-10-15(7-8-16(13)17)19-14-6-4-5-12(2)9-14/h7-8,10,12,14,18H,3-6,9,11H2,1-2H3. The molecule has 1 aromatic rings. The second-order valence-corrected chi connectivity index (χ2v) is 6.40. The van der Waals surface area contributed by atoms with Crippen molar-refractivity contribution in [1.29, 1.82) is 0 Å². The van der Waals surface area contributed by atoms with Crippen LogP contribution in [0.4, 0.5) is 0 Å². The first kappa shape index (κ1) is 14.9. The van der Waals surface area contributed by atoms with Gasteiger partial charge in [-0.25, -0.2) is 0 Å². The average molecular weight is 326 g/mol. The van der Waals surface area contributed by atoms with Gasteiger partial charge in [0.2, 0.25) is 0 Å². The summed E-state index contributed by atoms with van der Waals surface area (Å²) < 4.78 is 7.30. The maximum atomic E-state index is 6.15. The summed E-state index contributed by atoms with van der Waals surface area (Å²) in [4.78, 5) is 0. The average Bonchev–Trinajstić information content (AvgIpc) is 2.39. The molecule has 1 N–H and O–H groups in total. The van der Waals surface area contributed by atoms with E-state index in [1.165, 1.54) is 31.2 Å². The molecule has 2 unspecified atom stereocenters. The molecule has 1 aliphatic rings. The lowest BCUT2D eigenvalue weighted by atomic mass is 9.89. The van der Waals surface area contributed by atoms with E-state index < -0.39 is 0 Å². The van der Waals surface area contributed by atoms with E-state index in [2.05, 4.69) is 53.3 Å². The van der Waals surface area contributed by atoms with Gasteiger partial charge in [0, 0.05) is 11.0 Å². The second-order valence-electron chi connectivity index (χ2n) is 5.55. The lowest BCUT2D eigenvalue weighted by Gasteiger charge is -2.27. The molecule has 0 radical (unpaired) electrons. The van der Waals surface area contributed by atoms with Crippen LogP contribution >= 0.6 is 15.9 Å². The van der Waals surface area contributed by atoms with Crippen molar-refractivity contribution >= 4 is 15.9 Å². The van der Waals surface area contributed by atoms with Gasteiger partial charge in [-0.15, -0.1) is 0 Å². The van der Waals surface area contributed by atoms with E-state index in [9.17, 15) is 0 Å². The van der Waals surface area contributed by atoms with Crippen LogP contribution in [0, 0.1) is 5.92 Å². The zero-order chi connectivity index (χ0) is 13.7. The Hall–Kier alpha value is -0.540. The van der Waals surface area contributed by atoms with Crippen LogP contribution in [0.25, 0.3) is 0 Å². The first-order chi connectivity index (χ1) is 9.19. The van der Waals surface area contributed by atoms with Crippen molar-refractivity contribution in [1.82, 2.24) is 5.32 Å². The van der Waals surface area contributed by atoms with Crippen LogP contribution in [0.5, 0.6) is 5.75 Å². The van der Waals surface area contributed by atoms with E-state index >= 15 is 0 Å². The third kappa shape index (κ3) is 4.50. The van der Waals surface area contributed by atoms with Crippen molar-refractivity contribution in [3.05, 3.63) is 28.2 Å². The maximum absolute atomic E-state index is 6.15. The van der Waals surface area contributed by atoms with Gasteiger partial charge in [-0.05, 0) is 55.5 Å². The number of ether oxygens (including phenoxy) is 1. The Kier molecular flexibility index (Phi) is 5.71. The molecule has 0 bridgehead atoms. The quantitative estimate of drug-likeness (QED) is 0.859. The zero-order valence-corrected chi connectivity index (χ0v) is 13.5. The van der Waals surface area contributed by atoms with Gasteiger partial charge in [-0.2, -0.15) is 0 Å². The highest BCUT2D eigenvalue weighted by atomic mass is 79.9. The molecule has 1 aromatic carbocycles. The molecule has 1 aliphatic carbocycles. The number of nitrogens with one attached hydrogen (secondary N) is 1. The molecule has 2 rings (SSSR count). The van der Waals surface area contributed by atoms with E-state index in [1.54, 1.807) is 0 Å². The minimum Gasteiger partial charge on any atom is -0.490 e. The molecule has 1 fully saturated rings. The van der Waals surface area contributed by atoms with E-state index in [4.69, 9.17) is 4.74 Å². The van der Waals surface area contributed by atoms with E-state index in [0.717, 1.165) is 29.2 Å². The Labute approximate surface area is 125 Å². The molecule has 2 nitrogen and oxygen atoms in total. The molecule has 1 saturated carbocycles. The summed E-state index contributed by atoms with van der Waals surface area (Å²) in [5.41, 5.74) is 1.27. The summed E-state index contributed by atoms with van der Waals surface area (Å²) in [6.45, 7) is 6.32. The molecule has 0 amide bonds. The maximum Gasteiger partial charge on any atom is 0.120 e. The number of hydrogen-bond acceptors (Lipinski definition) is 2. The van der Waals surface area contributed by atoms with Crippen molar-refractivity contribution in [2.75, 3.05) is 6.54 Å². The molecule has 0 spiro atoms. The molecule has 19 heavy (non-hydrogen) atoms. The van der Waals surface area contributed by atoms with Crippen molar-refractivity contribution in [2.24, 2.45) is 5.92 Å².